The van der Waals surface area contributed by atoms with Crippen LogP contribution in [0.4, 0.5) is 17.1 Å². The second-order valence-corrected chi connectivity index (χ2v) is 25.3. The molecule has 0 radical (unpaired) electrons. The lowest BCUT2D eigenvalue weighted by molar-refractivity contribution is 1.15. The van der Waals surface area contributed by atoms with Crippen LogP contribution in [0.25, 0.3) is 132 Å². The van der Waals surface area contributed by atoms with Gasteiger partial charge in [-0.05, 0) is 132 Å². The van der Waals surface area contributed by atoms with E-state index >= 15 is 0 Å². The lowest BCUT2D eigenvalue weighted by atomic mass is 9.34. The molecule has 5 heteroatoms. The first-order valence-electron chi connectivity index (χ1n) is 31.4. The maximum absolute atomic E-state index is 2.68. The highest BCUT2D eigenvalue weighted by Gasteiger charge is 2.43. The number of hydrogen-bond donors (Lipinski definition) is 0. The van der Waals surface area contributed by atoms with Crippen LogP contribution in [0.3, 0.4) is 0 Å². The van der Waals surface area contributed by atoms with E-state index in [0.717, 1.165) is 50.6 Å². The van der Waals surface area contributed by atoms with Crippen LogP contribution in [0, 0.1) is 0 Å². The fraction of sp³-hybridized carbons (Fsp3) is 0. The van der Waals surface area contributed by atoms with Gasteiger partial charge in [0.25, 0.3) is 0 Å². The maximum atomic E-state index is 2.68. The van der Waals surface area contributed by atoms with Crippen molar-refractivity contribution in [2.45, 2.75) is 9.79 Å². The Hall–Kier alpha value is -11.4. The highest BCUT2D eigenvalue weighted by Crippen LogP contribution is 2.52. The van der Waals surface area contributed by atoms with Crippen LogP contribution in [0.15, 0.2) is 337 Å². The summed E-state index contributed by atoms with van der Waals surface area (Å²) in [7, 11) is 0. The third kappa shape index (κ3) is 7.98. The van der Waals surface area contributed by atoms with Crippen LogP contribution in [0.2, 0.25) is 0 Å². The molecule has 91 heavy (non-hydrogen) atoms. The zero-order chi connectivity index (χ0) is 59.7. The average molecular weight is 1170 g/mol. The molecule has 15 aromatic carbocycles. The highest BCUT2D eigenvalue weighted by atomic mass is 32.2. The molecule has 422 valence electrons. The van der Waals surface area contributed by atoms with Gasteiger partial charge in [-0.2, -0.15) is 0 Å². The predicted octanol–water partition coefficient (Wildman–Crippen LogP) is 21.3. The number of benzene rings is 15. The number of aromatic nitrogens is 2. The van der Waals surface area contributed by atoms with Gasteiger partial charge in [-0.3, -0.25) is 0 Å². The van der Waals surface area contributed by atoms with E-state index in [0.29, 0.717) is 0 Å². The van der Waals surface area contributed by atoms with Crippen molar-refractivity contribution in [1.29, 1.82) is 0 Å². The summed E-state index contributed by atoms with van der Waals surface area (Å²) in [5.74, 6) is 0. The van der Waals surface area contributed by atoms with Gasteiger partial charge >= 0.3 is 0 Å². The second kappa shape index (κ2) is 20.6. The SMILES string of the molecule is c1ccc(-c2ccc(-c3c4ccccc4c(-c4ccc5c(c4)N(c4c(-c6ccccc6)cccc4-c4ccccc4)c4cc(-n6c7ccccc7c7ccccc76)cc6c4B5c4ccc(-n5c7ccccc7c7ccccc75)cc4S6)c4ccccc34)cc2)cc1. The van der Waals surface area contributed by atoms with Crippen LogP contribution < -0.4 is 21.3 Å². The molecule has 2 aliphatic rings. The third-order valence-corrected chi connectivity index (χ3v) is 20.5. The summed E-state index contributed by atoms with van der Waals surface area (Å²) in [5, 5.41) is 9.86. The fourth-order valence-corrected chi connectivity index (χ4v) is 16.7. The van der Waals surface area contributed by atoms with E-state index in [4.69, 9.17) is 0 Å². The summed E-state index contributed by atoms with van der Waals surface area (Å²) in [6.07, 6.45) is 0. The van der Waals surface area contributed by atoms with Crippen molar-refractivity contribution < 1.29 is 0 Å². The van der Waals surface area contributed by atoms with E-state index in [-0.39, 0.29) is 6.71 Å². The van der Waals surface area contributed by atoms with Crippen molar-refractivity contribution in [3.63, 3.8) is 0 Å². The molecule has 3 nitrogen and oxygen atoms in total. The van der Waals surface area contributed by atoms with Gasteiger partial charge in [0.15, 0.2) is 0 Å². The minimum atomic E-state index is -0.111. The van der Waals surface area contributed by atoms with Gasteiger partial charge in [-0.15, -0.1) is 0 Å². The first-order chi connectivity index (χ1) is 45.2. The Morgan fingerprint density at radius 1 is 0.253 bits per heavy atom. The molecule has 0 unspecified atom stereocenters. The number of hydrogen-bond acceptors (Lipinski definition) is 2. The third-order valence-electron chi connectivity index (χ3n) is 19.4. The molecule has 0 saturated heterocycles. The number of rotatable bonds is 8. The molecule has 0 atom stereocenters. The first kappa shape index (κ1) is 51.7. The van der Waals surface area contributed by atoms with E-state index in [1.807, 2.05) is 11.8 Å². The second-order valence-electron chi connectivity index (χ2n) is 24.2. The molecule has 4 heterocycles. The average Bonchev–Trinajstić information content (AvgIpc) is 1.31. The summed E-state index contributed by atoms with van der Waals surface area (Å²) < 4.78 is 4.98. The van der Waals surface area contributed by atoms with Crippen LogP contribution in [0.1, 0.15) is 0 Å². The van der Waals surface area contributed by atoms with E-state index in [1.165, 1.54) is 125 Å². The predicted molar refractivity (Wildman–Crippen MR) is 387 cm³/mol. The Morgan fingerprint density at radius 3 is 1.16 bits per heavy atom. The minimum Gasteiger partial charge on any atom is -0.310 e. The van der Waals surface area contributed by atoms with Crippen LogP contribution in [-0.2, 0) is 0 Å². The normalized spacial score (nSPS) is 12.5. The molecular weight excluding hydrogens is 1120 g/mol. The van der Waals surface area contributed by atoms with E-state index in [1.54, 1.807) is 0 Å². The lowest BCUT2D eigenvalue weighted by Crippen LogP contribution is -2.60. The van der Waals surface area contributed by atoms with E-state index in [9.17, 15) is 0 Å². The van der Waals surface area contributed by atoms with Crippen molar-refractivity contribution in [1.82, 2.24) is 9.13 Å². The Labute approximate surface area is 532 Å². The van der Waals surface area contributed by atoms with Gasteiger partial charge in [0, 0.05) is 65.2 Å². The Bertz CT molecular complexity index is 5590. The van der Waals surface area contributed by atoms with E-state index < -0.39 is 0 Å². The van der Waals surface area contributed by atoms with Crippen LogP contribution in [-0.4, -0.2) is 15.8 Å². The molecule has 19 rings (SSSR count). The van der Waals surface area contributed by atoms with E-state index in [2.05, 4.69) is 342 Å². The monoisotopic (exact) mass is 1170 g/mol. The van der Waals surface area contributed by atoms with Gasteiger partial charge in [0.1, 0.15) is 0 Å². The first-order valence-corrected chi connectivity index (χ1v) is 32.2. The number of nitrogens with zero attached hydrogens (tertiary/aromatic N) is 3. The lowest BCUT2D eigenvalue weighted by Gasteiger charge is -2.42. The van der Waals surface area contributed by atoms with Crippen molar-refractivity contribution in [2.24, 2.45) is 0 Å². The molecule has 0 amide bonds. The zero-order valence-corrected chi connectivity index (χ0v) is 50.3. The van der Waals surface area contributed by atoms with Crippen molar-refractivity contribution in [3.05, 3.63) is 328 Å². The zero-order valence-electron chi connectivity index (χ0n) is 49.5. The summed E-state index contributed by atoms with van der Waals surface area (Å²) in [4.78, 5) is 5.18. The summed E-state index contributed by atoms with van der Waals surface area (Å²) in [6, 6.07) is 122. The van der Waals surface area contributed by atoms with Crippen molar-refractivity contribution in [2.75, 3.05) is 4.90 Å². The fourth-order valence-electron chi connectivity index (χ4n) is 15.5. The molecule has 2 aromatic heterocycles. The molecule has 0 saturated carbocycles. The minimum absolute atomic E-state index is 0.111. The molecule has 0 aliphatic carbocycles. The highest BCUT2D eigenvalue weighted by molar-refractivity contribution is 8.00. The van der Waals surface area contributed by atoms with Crippen molar-refractivity contribution in [3.8, 4) is 67.0 Å². The molecular formula is C86H54BN3S. The molecule has 2 aliphatic heterocycles. The van der Waals surface area contributed by atoms with Gasteiger partial charge in [0.05, 0.1) is 27.8 Å². The van der Waals surface area contributed by atoms with Gasteiger partial charge in [0.2, 0.25) is 6.71 Å². The quantitative estimate of drug-likeness (QED) is 0.111. The summed E-state index contributed by atoms with van der Waals surface area (Å²) in [6.45, 7) is -0.111. The molecule has 0 spiro atoms. The van der Waals surface area contributed by atoms with Crippen LogP contribution in [0.5, 0.6) is 0 Å². The summed E-state index contributed by atoms with van der Waals surface area (Å²) in [5.41, 5.74) is 26.2. The van der Waals surface area contributed by atoms with Gasteiger partial charge in [-0.25, -0.2) is 0 Å². The maximum Gasteiger partial charge on any atom is 0.249 e. The molecule has 0 fully saturated rings. The van der Waals surface area contributed by atoms with Gasteiger partial charge in [-0.1, -0.05) is 290 Å². The Morgan fingerprint density at radius 2 is 0.648 bits per heavy atom. The molecule has 17 aromatic rings. The number of anilines is 3. The smallest absolute Gasteiger partial charge is 0.249 e. The Balaban J connectivity index is 0.918. The largest absolute Gasteiger partial charge is 0.310 e. The standard InChI is InChI=1S/C86H54BN3S/c1-4-23-55(24-5-1)56-43-45-59(46-44-56)83-69-33-10-12-35-71(69)84(72-36-13-11-34-70(72)83)60-47-49-73-79(51-60)90(86-63(57-25-6-2-7-26-57)37-22-38-64(86)58-27-8-3-9-28-58)80-52-62(89-77-41-20-16-31-67(77)68-32-17-21-42-78(68)89)54-82-85(80)87(73)74-50-48-61(53-81(74)91-82)88-75-39-18-14-29-65(75)66-30-15-19-40-76(66)88/h1-54H. The number of fused-ring (bicyclic) bond motifs is 12. The van der Waals surface area contributed by atoms with Gasteiger partial charge < -0.3 is 14.0 Å². The summed E-state index contributed by atoms with van der Waals surface area (Å²) >= 11 is 1.92. The Kier molecular flexibility index (Phi) is 11.7. The van der Waals surface area contributed by atoms with Crippen LogP contribution >= 0.6 is 11.8 Å². The molecule has 0 N–H and O–H groups in total. The molecule has 0 bridgehead atoms. The number of para-hydroxylation sites is 5. The topological polar surface area (TPSA) is 13.1 Å². The van der Waals surface area contributed by atoms with Crippen molar-refractivity contribution >= 4 is 117 Å².